The van der Waals surface area contributed by atoms with Crippen LogP contribution < -0.4 is 0 Å². The van der Waals surface area contributed by atoms with Gasteiger partial charge in [-0.2, -0.15) is 0 Å². The third-order valence-corrected chi connectivity index (χ3v) is 1.21. The van der Waals surface area contributed by atoms with Crippen molar-refractivity contribution >= 4 is 18.3 Å². The van der Waals surface area contributed by atoms with Gasteiger partial charge in [0.1, 0.15) is 6.33 Å². The summed E-state index contributed by atoms with van der Waals surface area (Å²) in [6.07, 6.45) is 4.39. The van der Waals surface area contributed by atoms with E-state index in [1.165, 1.54) is 23.6 Å². The van der Waals surface area contributed by atoms with Crippen LogP contribution in [-0.4, -0.2) is 34.9 Å². The molecule has 66 valence electrons. The van der Waals surface area contributed by atoms with Crippen LogP contribution in [0, 0.1) is 0 Å². The lowest BCUT2D eigenvalue weighted by Gasteiger charge is -2.08. The Bertz CT molecular complexity index is 250. The van der Waals surface area contributed by atoms with Crippen molar-refractivity contribution in [1.29, 1.82) is 0 Å². The SMILES string of the molecule is CN(C)C(=O)c1cncnc1.Cl. The first-order valence-electron chi connectivity index (χ1n) is 3.18. The summed E-state index contributed by atoms with van der Waals surface area (Å²) in [5.74, 6) is -0.0781. The van der Waals surface area contributed by atoms with Crippen LogP contribution in [0.1, 0.15) is 10.4 Å². The van der Waals surface area contributed by atoms with E-state index < -0.39 is 0 Å². The predicted octanol–water partition coefficient (Wildman–Crippen LogP) is 0.600. The van der Waals surface area contributed by atoms with Crippen molar-refractivity contribution in [3.63, 3.8) is 0 Å². The van der Waals surface area contributed by atoms with E-state index in [2.05, 4.69) is 9.97 Å². The van der Waals surface area contributed by atoms with Crippen LogP contribution in [0.25, 0.3) is 0 Å². The zero-order valence-corrected chi connectivity index (χ0v) is 7.71. The Morgan fingerprint density at radius 3 is 2.25 bits per heavy atom. The lowest BCUT2D eigenvalue weighted by atomic mass is 10.3. The summed E-state index contributed by atoms with van der Waals surface area (Å²) in [5, 5.41) is 0. The molecule has 0 unspecified atom stereocenters. The maximum atomic E-state index is 11.2. The highest BCUT2D eigenvalue weighted by Crippen LogP contribution is 1.95. The Morgan fingerprint density at radius 1 is 1.33 bits per heavy atom. The number of aromatic nitrogens is 2. The minimum Gasteiger partial charge on any atom is -0.345 e. The molecule has 0 atom stereocenters. The van der Waals surface area contributed by atoms with Crippen molar-refractivity contribution in [2.45, 2.75) is 0 Å². The maximum Gasteiger partial charge on any atom is 0.256 e. The number of hydrogen-bond acceptors (Lipinski definition) is 3. The molecule has 0 fully saturated rings. The van der Waals surface area contributed by atoms with Crippen LogP contribution in [0.4, 0.5) is 0 Å². The number of rotatable bonds is 1. The summed E-state index contributed by atoms with van der Waals surface area (Å²) in [7, 11) is 3.38. The lowest BCUT2D eigenvalue weighted by Crippen LogP contribution is -2.21. The van der Waals surface area contributed by atoms with Crippen LogP contribution >= 0.6 is 12.4 Å². The van der Waals surface area contributed by atoms with Crippen molar-refractivity contribution in [2.24, 2.45) is 0 Å². The molecule has 4 nitrogen and oxygen atoms in total. The second-order valence-electron chi connectivity index (χ2n) is 2.33. The summed E-state index contributed by atoms with van der Waals surface area (Å²) in [6, 6.07) is 0. The lowest BCUT2D eigenvalue weighted by molar-refractivity contribution is 0.0827. The normalized spacial score (nSPS) is 8.50. The highest BCUT2D eigenvalue weighted by Gasteiger charge is 2.06. The van der Waals surface area contributed by atoms with Gasteiger partial charge in [0.05, 0.1) is 5.56 Å². The van der Waals surface area contributed by atoms with Crippen molar-refractivity contribution in [2.75, 3.05) is 14.1 Å². The van der Waals surface area contributed by atoms with Crippen LogP contribution in [-0.2, 0) is 0 Å². The Morgan fingerprint density at radius 2 is 1.83 bits per heavy atom. The van der Waals surface area contributed by atoms with Gasteiger partial charge < -0.3 is 4.90 Å². The van der Waals surface area contributed by atoms with E-state index in [0.717, 1.165) is 0 Å². The van der Waals surface area contributed by atoms with Gasteiger partial charge in [-0.1, -0.05) is 0 Å². The predicted molar refractivity (Wildman–Crippen MR) is 47.3 cm³/mol. The molecule has 0 aromatic carbocycles. The average Bonchev–Trinajstić information content (AvgIpc) is 2.05. The topological polar surface area (TPSA) is 46.1 Å². The van der Waals surface area contributed by atoms with Crippen LogP contribution in [0.5, 0.6) is 0 Å². The van der Waals surface area contributed by atoms with Gasteiger partial charge in [0.2, 0.25) is 0 Å². The molecular weight excluding hydrogens is 178 g/mol. The molecule has 0 saturated carbocycles. The molecule has 0 aliphatic rings. The standard InChI is InChI=1S/C7H9N3O.ClH/c1-10(2)7(11)6-3-8-5-9-4-6;/h3-5H,1-2H3;1H. The molecule has 5 heteroatoms. The molecule has 0 N–H and O–H groups in total. The van der Waals surface area contributed by atoms with Gasteiger partial charge in [-0.25, -0.2) is 9.97 Å². The quantitative estimate of drug-likeness (QED) is 0.647. The molecule has 1 heterocycles. The molecule has 0 aliphatic carbocycles. The van der Waals surface area contributed by atoms with Gasteiger partial charge >= 0.3 is 0 Å². The first-order valence-corrected chi connectivity index (χ1v) is 3.18. The number of amides is 1. The van der Waals surface area contributed by atoms with E-state index in [-0.39, 0.29) is 18.3 Å². The summed E-state index contributed by atoms with van der Waals surface area (Å²) in [4.78, 5) is 20.1. The van der Waals surface area contributed by atoms with E-state index in [1.54, 1.807) is 14.1 Å². The largest absolute Gasteiger partial charge is 0.345 e. The Hall–Kier alpha value is -1.16. The highest BCUT2D eigenvalue weighted by atomic mass is 35.5. The van der Waals surface area contributed by atoms with Gasteiger partial charge in [0.15, 0.2) is 0 Å². The molecular formula is C7H10ClN3O. The van der Waals surface area contributed by atoms with E-state index in [4.69, 9.17) is 0 Å². The second kappa shape index (κ2) is 4.66. The van der Waals surface area contributed by atoms with E-state index in [9.17, 15) is 4.79 Å². The number of carbonyl (C=O) groups excluding carboxylic acids is 1. The van der Waals surface area contributed by atoms with E-state index in [0.29, 0.717) is 5.56 Å². The maximum absolute atomic E-state index is 11.2. The molecule has 0 bridgehead atoms. The van der Waals surface area contributed by atoms with Crippen molar-refractivity contribution in [3.05, 3.63) is 24.3 Å². The summed E-state index contributed by atoms with van der Waals surface area (Å²) in [6.45, 7) is 0. The highest BCUT2D eigenvalue weighted by molar-refractivity contribution is 5.93. The number of carbonyl (C=O) groups is 1. The third kappa shape index (κ3) is 2.47. The van der Waals surface area contributed by atoms with Crippen molar-refractivity contribution in [3.8, 4) is 0 Å². The fourth-order valence-electron chi connectivity index (χ4n) is 0.668. The van der Waals surface area contributed by atoms with Crippen molar-refractivity contribution in [1.82, 2.24) is 14.9 Å². The molecule has 0 radical (unpaired) electrons. The first kappa shape index (κ1) is 10.8. The van der Waals surface area contributed by atoms with Crippen LogP contribution in [0.2, 0.25) is 0 Å². The number of hydrogen-bond donors (Lipinski definition) is 0. The van der Waals surface area contributed by atoms with Gasteiger partial charge in [-0.15, -0.1) is 12.4 Å². The summed E-state index contributed by atoms with van der Waals surface area (Å²) >= 11 is 0. The smallest absolute Gasteiger partial charge is 0.256 e. The second-order valence-corrected chi connectivity index (χ2v) is 2.33. The zero-order valence-electron chi connectivity index (χ0n) is 6.89. The number of halogens is 1. The molecule has 1 rings (SSSR count). The molecule has 0 spiro atoms. The van der Waals surface area contributed by atoms with E-state index >= 15 is 0 Å². The molecule has 1 amide bonds. The third-order valence-electron chi connectivity index (χ3n) is 1.21. The molecule has 12 heavy (non-hydrogen) atoms. The fourth-order valence-corrected chi connectivity index (χ4v) is 0.668. The fraction of sp³-hybridized carbons (Fsp3) is 0.286. The van der Waals surface area contributed by atoms with Crippen molar-refractivity contribution < 1.29 is 4.79 Å². The molecule has 1 aromatic heterocycles. The minimum absolute atomic E-state index is 0. The molecule has 0 saturated heterocycles. The molecule has 1 aromatic rings. The average molecular weight is 188 g/mol. The zero-order chi connectivity index (χ0) is 8.27. The van der Waals surface area contributed by atoms with Gasteiger partial charge in [0.25, 0.3) is 5.91 Å². The van der Waals surface area contributed by atoms with Gasteiger partial charge in [-0.3, -0.25) is 4.79 Å². The Kier molecular flexibility index (Phi) is 4.21. The number of nitrogens with zero attached hydrogens (tertiary/aromatic N) is 3. The van der Waals surface area contributed by atoms with E-state index in [1.807, 2.05) is 0 Å². The summed E-state index contributed by atoms with van der Waals surface area (Å²) < 4.78 is 0. The first-order chi connectivity index (χ1) is 5.22. The Balaban J connectivity index is 0.00000121. The Labute approximate surface area is 77.0 Å². The van der Waals surface area contributed by atoms with Crippen LogP contribution in [0.15, 0.2) is 18.7 Å². The van der Waals surface area contributed by atoms with Gasteiger partial charge in [-0.05, 0) is 0 Å². The van der Waals surface area contributed by atoms with Gasteiger partial charge in [0, 0.05) is 26.5 Å². The monoisotopic (exact) mass is 187 g/mol. The summed E-state index contributed by atoms with van der Waals surface area (Å²) in [5.41, 5.74) is 0.512. The minimum atomic E-state index is -0.0781. The van der Waals surface area contributed by atoms with Crippen LogP contribution in [0.3, 0.4) is 0 Å². The molecule has 0 aliphatic heterocycles.